The molecule has 2 aliphatic rings. The minimum Gasteiger partial charge on any atom is -0.544 e. The molecule has 2 heterocycles. The first-order valence-corrected chi connectivity index (χ1v) is 65.8. The largest absolute Gasteiger partial charge is 0.544 e. The van der Waals surface area contributed by atoms with Crippen LogP contribution in [0.15, 0.2) is 89.9 Å². The Morgan fingerprint density at radius 1 is 0.428 bits per heavy atom. The molecule has 12 unspecified atom stereocenters. The van der Waals surface area contributed by atoms with Gasteiger partial charge in [0.1, 0.15) is 72.0 Å². The summed E-state index contributed by atoms with van der Waals surface area (Å²) in [5.41, 5.74) is -1.80. The third-order valence-electron chi connectivity index (χ3n) is 27.6. The van der Waals surface area contributed by atoms with Gasteiger partial charge in [0, 0.05) is 25.4 Å². The van der Waals surface area contributed by atoms with Crippen molar-refractivity contribution in [2.24, 2.45) is 10.9 Å². The first kappa shape index (κ1) is 120. The molecular formula is C100H172N10O22Si6. The summed E-state index contributed by atoms with van der Waals surface area (Å²) in [7, 11) is -17.6. The van der Waals surface area contributed by atoms with Crippen molar-refractivity contribution in [3.8, 4) is 5.75 Å². The summed E-state index contributed by atoms with van der Waals surface area (Å²) in [6.45, 7) is 78.5. The number of nitrogens with one attached hydrogen (secondary N) is 6. The molecule has 2 fully saturated rings. The second-order valence-electron chi connectivity index (χ2n) is 49.1. The monoisotopic (exact) mass is 2030 g/mol. The van der Waals surface area contributed by atoms with Crippen LogP contribution in [0.25, 0.3) is 0 Å². The molecule has 0 aliphatic carbocycles. The van der Waals surface area contributed by atoms with E-state index in [4.69, 9.17) is 50.2 Å². The fourth-order valence-corrected chi connectivity index (χ4v) is 21.6. The summed E-state index contributed by atoms with van der Waals surface area (Å²) in [6.07, 6.45) is -12.3. The number of guanidine groups is 1. The van der Waals surface area contributed by atoms with Crippen LogP contribution in [0.5, 0.6) is 5.75 Å². The van der Waals surface area contributed by atoms with Gasteiger partial charge in [-0.25, -0.2) is 29.0 Å². The zero-order chi connectivity index (χ0) is 106. The van der Waals surface area contributed by atoms with Crippen molar-refractivity contribution >= 4 is 122 Å². The lowest BCUT2D eigenvalue weighted by molar-refractivity contribution is -0.149. The number of nitrogens with zero attached hydrogens (tertiary/aromatic N) is 4. The maximum absolute atomic E-state index is 17.4. The van der Waals surface area contributed by atoms with E-state index in [1.165, 1.54) is 9.80 Å². The number of amides is 11. The maximum Gasteiger partial charge on any atom is 0.426 e. The number of carbonyl (C=O) groups excluding carboxylic acids is 11. The predicted octanol–water partition coefficient (Wildman–Crippen LogP) is 19.3. The van der Waals surface area contributed by atoms with E-state index < -0.39 is 243 Å². The lowest BCUT2D eigenvalue weighted by Gasteiger charge is -2.43. The van der Waals surface area contributed by atoms with Gasteiger partial charge in [0.05, 0.1) is 37.1 Å². The van der Waals surface area contributed by atoms with Crippen LogP contribution in [-0.4, -0.2) is 240 Å². The molecule has 2 aliphatic heterocycles. The predicted molar refractivity (Wildman–Crippen MR) is 555 cm³/mol. The molecule has 5 rings (SSSR count). The van der Waals surface area contributed by atoms with Crippen LogP contribution in [0, 0.1) is 5.92 Å². The van der Waals surface area contributed by atoms with Gasteiger partial charge in [0.15, 0.2) is 41.6 Å². The molecular weight excluding hydrogens is 1860 g/mol. The third-order valence-corrected chi connectivity index (χ3v) is 54.7. The van der Waals surface area contributed by atoms with Gasteiger partial charge < -0.3 is 81.3 Å². The van der Waals surface area contributed by atoms with E-state index in [1.807, 2.05) is 194 Å². The van der Waals surface area contributed by atoms with E-state index in [1.54, 1.807) is 144 Å². The Hall–Kier alpha value is -8.20. The van der Waals surface area contributed by atoms with Crippen LogP contribution < -0.4 is 36.3 Å². The van der Waals surface area contributed by atoms with Crippen molar-refractivity contribution < 1.29 is 103 Å². The highest BCUT2D eigenvalue weighted by atomic mass is 28.4. The standard InChI is InChI=1S/C100H172N10O22Si6/c1-64-60-109(78(79(64)132-138(41,42)100(28,29)30)85(116)110(90(120)125-93(7,8)9)91(121)126-94(10,11)12)84(115)76(66(3)128-134(33,34)96(16,17)18)104-82(113)77(74(131-137(39,40)99(25,26)27)57-67-53-55-70(56-54-67)129-135(35,36)97(19,20)21)105-81(112)73-58-71(130-136(37,38)98(22,23)24)61-108(73)83(114)75(65(2)127-133(31,32)95(13,14)15)103-80(111)72(102-89(119)124-92(4,5)6)59-101-86(106-87(117)122-62-68-49-45-43-46-50-68)107-88(118)123-63-69-51-47-44-48-52-69/h43-56,64-66,71-79H,57-63H2,1-42H3,(H,102,119)(H,103,111)(H,104,113)(H,105,112)(H2,101,106,107,117,118). The first-order chi connectivity index (χ1) is 62.3. The molecule has 2 saturated heterocycles. The number of ether oxygens (including phenoxy) is 5. The van der Waals surface area contributed by atoms with E-state index in [0.717, 1.165) is 0 Å². The summed E-state index contributed by atoms with van der Waals surface area (Å²) in [4.78, 5) is 180. The topological polar surface area (TPSA) is 384 Å². The van der Waals surface area contributed by atoms with E-state index >= 15 is 28.8 Å². The summed E-state index contributed by atoms with van der Waals surface area (Å²) >= 11 is 0. The zero-order valence-electron chi connectivity index (χ0n) is 91.2. The van der Waals surface area contributed by atoms with Gasteiger partial charge >= 0.3 is 30.5 Å². The van der Waals surface area contributed by atoms with Crippen LogP contribution in [0.1, 0.15) is 231 Å². The molecule has 12 atom stereocenters. The van der Waals surface area contributed by atoms with Crippen molar-refractivity contribution in [2.45, 2.75) is 426 Å². The zero-order valence-corrected chi connectivity index (χ0v) is 97.2. The number of hydrogen-bond donors (Lipinski definition) is 6. The second-order valence-corrected chi connectivity index (χ2v) is 77.7. The highest BCUT2D eigenvalue weighted by molar-refractivity contribution is 6.76. The second kappa shape index (κ2) is 46.0. The fraction of sp³-hybridized carbons (Fsp3) is 0.700. The molecule has 0 spiro atoms. The minimum absolute atomic E-state index is 0.0780. The van der Waals surface area contributed by atoms with Crippen molar-refractivity contribution in [2.75, 3.05) is 19.6 Å². The lowest BCUT2D eigenvalue weighted by atomic mass is 9.99. The fourth-order valence-electron chi connectivity index (χ4n) is 13.6. The molecule has 778 valence electrons. The Labute approximate surface area is 830 Å². The van der Waals surface area contributed by atoms with Crippen LogP contribution in [0.3, 0.4) is 0 Å². The molecule has 0 bridgehead atoms. The minimum atomic E-state index is -3.21. The van der Waals surface area contributed by atoms with Gasteiger partial charge in [-0.3, -0.25) is 39.4 Å². The molecule has 0 saturated carbocycles. The Morgan fingerprint density at radius 2 is 0.819 bits per heavy atom. The summed E-state index contributed by atoms with van der Waals surface area (Å²) in [5, 5.41) is 13.9. The average Bonchev–Trinajstić information content (AvgIpc) is 1.60. The quantitative estimate of drug-likeness (QED) is 0.0143. The van der Waals surface area contributed by atoms with Crippen molar-refractivity contribution in [3.63, 3.8) is 0 Å². The average molecular weight is 2040 g/mol. The summed E-state index contributed by atoms with van der Waals surface area (Å²) in [6, 6.07) is 14.5. The SMILES string of the molecule is CC1CN(C(=O)C(NC(=O)C(NC(=O)C2CC(O[Si](C)(C)C(C)(C)C)CN2C(=O)C(NC(=O)C(CN=C(NC(=O)OCc2ccccc2)NC(=O)OCc2ccccc2)NC(=O)OC(C)(C)C)C(C)O[Si](C)(C)C(C)(C)C)C(Cc2ccc(O[Si](C)(C)C(C)(C)C)cc2)O[Si](C)(C)C(C)(C)C)C(C)O[Si](C)(C)C(C)(C)C)C(C(=O)N(C(=O)OC(C)(C)C)C(=O)OC(C)(C)C)C1O[Si](C)(C)C(C)(C)C. The molecule has 38 heteroatoms. The van der Waals surface area contributed by atoms with Crippen LogP contribution in [0.4, 0.5) is 24.0 Å². The number of carbonyl (C=O) groups is 11. The van der Waals surface area contributed by atoms with Crippen molar-refractivity contribution in [1.29, 1.82) is 0 Å². The van der Waals surface area contributed by atoms with Crippen LogP contribution >= 0.6 is 0 Å². The Kier molecular flexibility index (Phi) is 40.1. The van der Waals surface area contributed by atoms with Gasteiger partial charge in [-0.15, -0.1) is 4.90 Å². The van der Waals surface area contributed by atoms with E-state index in [2.05, 4.69) is 70.8 Å². The number of hydrogen-bond acceptors (Lipinski definition) is 23. The van der Waals surface area contributed by atoms with E-state index in [0.29, 0.717) is 22.4 Å². The molecule has 0 aromatic heterocycles. The molecule has 32 nitrogen and oxygen atoms in total. The molecule has 6 N–H and O–H groups in total. The van der Waals surface area contributed by atoms with E-state index in [9.17, 15) is 24.0 Å². The Balaban J connectivity index is 1.92. The number of aliphatic imine (C=N–C) groups is 1. The number of likely N-dealkylation sites (tertiary alicyclic amines) is 2. The van der Waals surface area contributed by atoms with Gasteiger partial charge in [-0.05, 0) is 220 Å². The van der Waals surface area contributed by atoms with Gasteiger partial charge in [0.25, 0.3) is 5.91 Å². The number of alkyl carbamates (subject to hydrolysis) is 3. The third kappa shape index (κ3) is 34.6. The van der Waals surface area contributed by atoms with Gasteiger partial charge in [-0.1, -0.05) is 204 Å². The summed E-state index contributed by atoms with van der Waals surface area (Å²) in [5.74, 6) is -6.55. The highest BCUT2D eigenvalue weighted by Gasteiger charge is 2.58. The lowest BCUT2D eigenvalue weighted by Crippen LogP contribution is -2.66. The molecule has 11 amide bonds. The van der Waals surface area contributed by atoms with Gasteiger partial charge in [0.2, 0.25) is 43.8 Å². The first-order valence-electron chi connectivity index (χ1n) is 48.3. The number of imide groups is 3. The number of rotatable bonds is 33. The molecule has 0 radical (unpaired) electrons. The maximum atomic E-state index is 17.4. The smallest absolute Gasteiger partial charge is 0.426 e. The Bertz CT molecular complexity index is 4620. The number of benzene rings is 3. The molecule has 138 heavy (non-hydrogen) atoms. The highest BCUT2D eigenvalue weighted by Crippen LogP contribution is 2.46. The molecule has 3 aromatic rings. The van der Waals surface area contributed by atoms with Crippen LogP contribution in [-0.2, 0) is 94.2 Å². The molecule has 3 aromatic carbocycles. The normalized spacial score (nSPS) is 18.6. The Morgan fingerprint density at radius 3 is 1.22 bits per heavy atom. The van der Waals surface area contributed by atoms with Crippen molar-refractivity contribution in [1.82, 2.24) is 46.6 Å². The van der Waals surface area contributed by atoms with Gasteiger partial charge in [-0.2, -0.15) is 0 Å². The van der Waals surface area contributed by atoms with E-state index in [-0.39, 0.29) is 49.1 Å². The van der Waals surface area contributed by atoms with Crippen molar-refractivity contribution in [3.05, 3.63) is 102 Å². The van der Waals surface area contributed by atoms with Crippen LogP contribution in [0.2, 0.25) is 109 Å². The summed E-state index contributed by atoms with van der Waals surface area (Å²) < 4.78 is 71.8.